The molecule has 0 amide bonds. The van der Waals surface area contributed by atoms with Crippen molar-refractivity contribution in [3.8, 4) is 0 Å². The highest BCUT2D eigenvalue weighted by atomic mass is 32.2. The predicted molar refractivity (Wildman–Crippen MR) is 123 cm³/mol. The summed E-state index contributed by atoms with van der Waals surface area (Å²) in [5, 5.41) is 3.82. The second-order valence-electron chi connectivity index (χ2n) is 8.32. The van der Waals surface area contributed by atoms with Crippen LogP contribution in [0.5, 0.6) is 0 Å². The highest BCUT2D eigenvalue weighted by Crippen LogP contribution is 2.30. The average molecular weight is 481 g/mol. The van der Waals surface area contributed by atoms with E-state index in [9.17, 15) is 12.8 Å². The smallest absolute Gasteiger partial charge is 0.228 e. The molecule has 0 bridgehead atoms. The third-order valence-corrected chi connectivity index (χ3v) is 7.75. The molecule has 10 heteroatoms. The summed E-state index contributed by atoms with van der Waals surface area (Å²) in [6.07, 6.45) is 5.47. The van der Waals surface area contributed by atoms with Crippen molar-refractivity contribution in [1.82, 2.24) is 19.8 Å². The molecule has 0 unspecified atom stereocenters. The summed E-state index contributed by atoms with van der Waals surface area (Å²) in [5.41, 5.74) is 0.897. The minimum atomic E-state index is -3.87. The minimum Gasteiger partial charge on any atom is -0.376 e. The van der Waals surface area contributed by atoms with Gasteiger partial charge in [0, 0.05) is 24.8 Å². The van der Waals surface area contributed by atoms with Gasteiger partial charge in [-0.15, -0.1) is 0 Å². The Morgan fingerprint density at radius 3 is 2.78 bits per heavy atom. The molecule has 0 radical (unpaired) electrons. The first kappa shape index (κ1) is 23.1. The zero-order chi connectivity index (χ0) is 22.7. The van der Waals surface area contributed by atoms with E-state index in [1.54, 1.807) is 22.9 Å². The Labute approximate surface area is 193 Å². The number of hydrogen-bond acceptors (Lipinski definition) is 5. The number of hydrogen-bond donors (Lipinski definition) is 1. The van der Waals surface area contributed by atoms with Gasteiger partial charge in [-0.3, -0.25) is 0 Å². The van der Waals surface area contributed by atoms with Gasteiger partial charge in [-0.1, -0.05) is 18.2 Å². The van der Waals surface area contributed by atoms with Gasteiger partial charge in [0.15, 0.2) is 5.11 Å². The lowest BCUT2D eigenvalue weighted by molar-refractivity contribution is 0.0936. The number of imidazole rings is 1. The summed E-state index contributed by atoms with van der Waals surface area (Å²) in [6.45, 7) is 4.25. The number of nitrogens with zero attached hydrogens (tertiary/aromatic N) is 3. The van der Waals surface area contributed by atoms with Crippen molar-refractivity contribution in [2.75, 3.05) is 13.2 Å². The number of halogens is 1. The molecule has 1 aliphatic heterocycles. The van der Waals surface area contributed by atoms with Gasteiger partial charge in [0.25, 0.3) is 0 Å². The van der Waals surface area contributed by atoms with Crippen LogP contribution in [0.2, 0.25) is 0 Å². The molecule has 1 aromatic carbocycles. The van der Waals surface area contributed by atoms with Gasteiger partial charge in [0.05, 0.1) is 36.8 Å². The molecule has 1 saturated heterocycles. The Morgan fingerprint density at radius 2 is 2.12 bits per heavy atom. The van der Waals surface area contributed by atoms with Crippen molar-refractivity contribution >= 4 is 27.2 Å². The van der Waals surface area contributed by atoms with E-state index in [4.69, 9.17) is 17.0 Å². The first-order valence-corrected chi connectivity index (χ1v) is 13.1. The van der Waals surface area contributed by atoms with Crippen LogP contribution in [-0.4, -0.2) is 53.3 Å². The molecular weight excluding hydrogens is 451 g/mol. The molecular formula is C22H29FN4O3S2. The van der Waals surface area contributed by atoms with Crippen LogP contribution in [0.3, 0.4) is 0 Å². The minimum absolute atomic E-state index is 0.0450. The fourth-order valence-electron chi connectivity index (χ4n) is 4.02. The van der Waals surface area contributed by atoms with E-state index >= 15 is 0 Å². The number of ether oxygens (including phenoxy) is 1. The number of benzene rings is 1. The van der Waals surface area contributed by atoms with Gasteiger partial charge in [-0.05, 0) is 50.9 Å². The topological polar surface area (TPSA) is 76.5 Å². The van der Waals surface area contributed by atoms with E-state index in [2.05, 4.69) is 15.2 Å². The molecule has 1 saturated carbocycles. The fourth-order valence-corrected chi connectivity index (χ4v) is 5.89. The third-order valence-electron chi connectivity index (χ3n) is 5.80. The van der Waals surface area contributed by atoms with Crippen LogP contribution in [0.15, 0.2) is 35.6 Å². The van der Waals surface area contributed by atoms with E-state index in [0.717, 1.165) is 37.9 Å². The molecule has 7 nitrogen and oxygen atoms in total. The summed E-state index contributed by atoms with van der Waals surface area (Å²) in [6, 6.07) is 6.29. The predicted octanol–water partition coefficient (Wildman–Crippen LogP) is 3.03. The van der Waals surface area contributed by atoms with Crippen LogP contribution in [0.1, 0.15) is 43.9 Å². The van der Waals surface area contributed by atoms with Gasteiger partial charge in [0.1, 0.15) is 5.82 Å². The maximum atomic E-state index is 14.2. The molecule has 0 spiro atoms. The molecule has 1 atom stereocenters. The Morgan fingerprint density at radius 1 is 1.34 bits per heavy atom. The highest BCUT2D eigenvalue weighted by Gasteiger charge is 2.33. The zero-order valence-corrected chi connectivity index (χ0v) is 19.8. The molecule has 2 aromatic rings. The molecule has 1 N–H and O–H groups in total. The maximum absolute atomic E-state index is 14.2. The molecule has 2 heterocycles. The lowest BCUT2D eigenvalue weighted by Gasteiger charge is -2.26. The van der Waals surface area contributed by atoms with Crippen molar-refractivity contribution in [2.24, 2.45) is 0 Å². The van der Waals surface area contributed by atoms with Gasteiger partial charge in [-0.25, -0.2) is 17.8 Å². The van der Waals surface area contributed by atoms with Gasteiger partial charge in [0.2, 0.25) is 15.0 Å². The van der Waals surface area contributed by atoms with Crippen LogP contribution in [-0.2, 0) is 33.4 Å². The molecule has 2 aliphatic rings. The van der Waals surface area contributed by atoms with Crippen LogP contribution >= 0.6 is 12.2 Å². The summed E-state index contributed by atoms with van der Waals surface area (Å²) in [7, 11) is -3.87. The third kappa shape index (κ3) is 5.29. The molecule has 1 aromatic heterocycles. The fraction of sp³-hybridized carbons (Fsp3) is 0.545. The van der Waals surface area contributed by atoms with Crippen molar-refractivity contribution in [2.45, 2.75) is 68.8 Å². The summed E-state index contributed by atoms with van der Waals surface area (Å²) in [5.74, 6) is -0.978. The van der Waals surface area contributed by atoms with Gasteiger partial charge in [-0.2, -0.15) is 0 Å². The van der Waals surface area contributed by atoms with E-state index in [1.165, 1.54) is 12.1 Å². The largest absolute Gasteiger partial charge is 0.376 e. The Kier molecular flexibility index (Phi) is 7.11. The number of nitrogens with one attached hydrogen (secondary N) is 1. The monoisotopic (exact) mass is 480 g/mol. The lowest BCUT2D eigenvalue weighted by Crippen LogP contribution is -2.41. The molecule has 174 valence electrons. The van der Waals surface area contributed by atoms with E-state index in [1.807, 2.05) is 6.92 Å². The summed E-state index contributed by atoms with van der Waals surface area (Å²) >= 11 is 5.56. The SMILES string of the molecule is CCNC(=S)N(Cc1cnc(S(=O)(=O)Cc2ccccc2F)n1C[C@@H]1CCCO1)C1CC1. The second-order valence-corrected chi connectivity index (χ2v) is 10.6. The molecule has 4 rings (SSSR count). The Hall–Kier alpha value is -2.04. The van der Waals surface area contributed by atoms with E-state index in [-0.39, 0.29) is 16.8 Å². The molecule has 1 aliphatic carbocycles. The van der Waals surface area contributed by atoms with Crippen molar-refractivity contribution in [1.29, 1.82) is 0 Å². The quantitative estimate of drug-likeness (QED) is 0.553. The van der Waals surface area contributed by atoms with Gasteiger partial charge < -0.3 is 19.5 Å². The first-order valence-electron chi connectivity index (χ1n) is 11.1. The molecule has 2 fully saturated rings. The van der Waals surface area contributed by atoms with Crippen LogP contribution < -0.4 is 5.32 Å². The number of aromatic nitrogens is 2. The van der Waals surface area contributed by atoms with E-state index < -0.39 is 21.4 Å². The first-order chi connectivity index (χ1) is 15.4. The highest BCUT2D eigenvalue weighted by molar-refractivity contribution is 7.90. The standard InChI is InChI=1S/C22H29FN4O3S2/c1-2-24-21(31)26(17-9-10-17)13-18-12-25-22(27(18)14-19-7-5-11-30-19)32(28,29)15-16-6-3-4-8-20(16)23/h3-4,6,8,12,17,19H,2,5,7,9-11,13-15H2,1H3,(H,24,31)/t19-/m0/s1. The van der Waals surface area contributed by atoms with Crippen molar-refractivity contribution in [3.05, 3.63) is 47.5 Å². The van der Waals surface area contributed by atoms with Crippen molar-refractivity contribution in [3.63, 3.8) is 0 Å². The van der Waals surface area contributed by atoms with E-state index in [0.29, 0.717) is 30.9 Å². The number of sulfone groups is 1. The van der Waals surface area contributed by atoms with Gasteiger partial charge >= 0.3 is 0 Å². The Balaban J connectivity index is 1.65. The van der Waals surface area contributed by atoms with Crippen molar-refractivity contribution < 1.29 is 17.5 Å². The zero-order valence-electron chi connectivity index (χ0n) is 18.2. The maximum Gasteiger partial charge on any atom is 0.228 e. The van der Waals surface area contributed by atoms with Crippen LogP contribution in [0.25, 0.3) is 0 Å². The van der Waals surface area contributed by atoms with Crippen LogP contribution in [0, 0.1) is 5.82 Å². The average Bonchev–Trinajstić information content (AvgIpc) is 3.30. The molecule has 32 heavy (non-hydrogen) atoms. The summed E-state index contributed by atoms with van der Waals surface area (Å²) in [4.78, 5) is 6.41. The number of rotatable bonds is 9. The Bertz CT molecular complexity index is 1060. The lowest BCUT2D eigenvalue weighted by atomic mass is 10.2. The second kappa shape index (κ2) is 9.84. The normalized spacial score (nSPS) is 18.6. The van der Waals surface area contributed by atoms with Crippen LogP contribution in [0.4, 0.5) is 4.39 Å². The number of thiocarbonyl (C=S) groups is 1. The summed E-state index contributed by atoms with van der Waals surface area (Å²) < 4.78 is 48.2.